The van der Waals surface area contributed by atoms with E-state index >= 15 is 0 Å². The number of hydrogen-bond donors (Lipinski definition) is 2. The number of carbonyl (C=O) groups excluding carboxylic acids is 2. The number of nitrogens with one attached hydrogen (secondary N) is 2. The average Bonchev–Trinajstić information content (AvgIpc) is 2.88. The van der Waals surface area contributed by atoms with Crippen LogP contribution in [0.3, 0.4) is 0 Å². The second-order valence-corrected chi connectivity index (χ2v) is 8.70. The van der Waals surface area contributed by atoms with Crippen molar-refractivity contribution in [1.82, 2.24) is 10.7 Å². The molecule has 0 bridgehead atoms. The van der Waals surface area contributed by atoms with Crippen LogP contribution in [0.2, 0.25) is 5.02 Å². The molecule has 36 heavy (non-hydrogen) atoms. The van der Waals surface area contributed by atoms with E-state index in [9.17, 15) is 9.59 Å². The third-order valence-electron chi connectivity index (χ3n) is 4.97. The van der Waals surface area contributed by atoms with Gasteiger partial charge in [-0.2, -0.15) is 5.10 Å². The molecule has 0 aliphatic carbocycles. The number of ether oxygens (including phenoxy) is 3. The Kier molecular flexibility index (Phi) is 10.1. The average molecular weight is 575 g/mol. The quantitative estimate of drug-likeness (QED) is 0.249. The summed E-state index contributed by atoms with van der Waals surface area (Å²) >= 11 is 9.69. The highest BCUT2D eigenvalue weighted by Gasteiger charge is 2.13. The van der Waals surface area contributed by atoms with Crippen molar-refractivity contribution in [3.63, 3.8) is 0 Å². The van der Waals surface area contributed by atoms with Gasteiger partial charge >= 0.3 is 0 Å². The molecular weight excluding hydrogens is 550 g/mol. The molecule has 3 aromatic carbocycles. The number of carbonyl (C=O) groups is 2. The second-order valence-electron chi connectivity index (χ2n) is 7.44. The van der Waals surface area contributed by atoms with Crippen LogP contribution in [0.4, 0.5) is 0 Å². The highest BCUT2D eigenvalue weighted by Crippen LogP contribution is 2.37. The van der Waals surface area contributed by atoms with Crippen molar-refractivity contribution in [2.45, 2.75) is 13.0 Å². The van der Waals surface area contributed by atoms with Crippen LogP contribution < -0.4 is 25.0 Å². The summed E-state index contributed by atoms with van der Waals surface area (Å²) in [6.45, 7) is 0.441. The predicted octanol–water partition coefficient (Wildman–Crippen LogP) is 4.97. The molecular formula is C26H25BrClN3O5. The topological polar surface area (TPSA) is 98.2 Å². The Balaban J connectivity index is 1.50. The van der Waals surface area contributed by atoms with Gasteiger partial charge in [0.2, 0.25) is 5.91 Å². The van der Waals surface area contributed by atoms with Gasteiger partial charge in [0.25, 0.3) is 5.91 Å². The fraction of sp³-hybridized carbons (Fsp3) is 0.192. The third kappa shape index (κ3) is 7.73. The van der Waals surface area contributed by atoms with Crippen molar-refractivity contribution in [1.29, 1.82) is 0 Å². The first kappa shape index (κ1) is 27.0. The van der Waals surface area contributed by atoms with Crippen molar-refractivity contribution in [3.05, 3.63) is 86.8 Å². The highest BCUT2D eigenvalue weighted by molar-refractivity contribution is 9.10. The minimum Gasteiger partial charge on any atom is -0.497 e. The summed E-state index contributed by atoms with van der Waals surface area (Å²) < 4.78 is 17.1. The Morgan fingerprint density at radius 2 is 1.81 bits per heavy atom. The number of hydrazone groups is 1. The number of methoxy groups -OCH3 is 2. The Morgan fingerprint density at radius 1 is 1.06 bits per heavy atom. The van der Waals surface area contributed by atoms with Crippen LogP contribution in [0.25, 0.3) is 0 Å². The van der Waals surface area contributed by atoms with Crippen molar-refractivity contribution in [3.8, 4) is 17.2 Å². The lowest BCUT2D eigenvalue weighted by atomic mass is 10.2. The zero-order chi connectivity index (χ0) is 25.9. The molecule has 188 valence electrons. The monoisotopic (exact) mass is 573 g/mol. The molecule has 0 atom stereocenters. The number of amides is 2. The summed E-state index contributed by atoms with van der Waals surface area (Å²) in [6.07, 6.45) is 1.56. The lowest BCUT2D eigenvalue weighted by Crippen LogP contribution is -2.29. The molecule has 0 aromatic heterocycles. The molecule has 0 saturated heterocycles. The van der Waals surface area contributed by atoms with E-state index in [0.717, 1.165) is 5.56 Å². The van der Waals surface area contributed by atoms with E-state index in [0.29, 0.717) is 37.9 Å². The van der Waals surface area contributed by atoms with Crippen molar-refractivity contribution >= 4 is 45.6 Å². The van der Waals surface area contributed by atoms with Gasteiger partial charge in [-0.3, -0.25) is 9.59 Å². The highest BCUT2D eigenvalue weighted by atomic mass is 79.9. The molecule has 0 heterocycles. The lowest BCUT2D eigenvalue weighted by Gasteiger charge is -2.14. The molecule has 0 spiro atoms. The maximum absolute atomic E-state index is 12.1. The van der Waals surface area contributed by atoms with Crippen molar-refractivity contribution in [2.75, 3.05) is 20.8 Å². The first-order valence-corrected chi connectivity index (χ1v) is 12.1. The summed E-state index contributed by atoms with van der Waals surface area (Å²) in [4.78, 5) is 24.2. The van der Waals surface area contributed by atoms with Crippen molar-refractivity contribution < 1.29 is 23.8 Å². The van der Waals surface area contributed by atoms with Crippen LogP contribution in [0.5, 0.6) is 17.2 Å². The van der Waals surface area contributed by atoms with E-state index < -0.39 is 0 Å². The van der Waals surface area contributed by atoms with E-state index in [1.807, 2.05) is 18.2 Å². The number of halogens is 2. The fourth-order valence-electron chi connectivity index (χ4n) is 3.09. The minimum atomic E-state index is -0.341. The maximum Gasteiger partial charge on any atom is 0.251 e. The summed E-state index contributed by atoms with van der Waals surface area (Å²) in [7, 11) is 3.09. The fourth-order valence-corrected chi connectivity index (χ4v) is 3.85. The summed E-state index contributed by atoms with van der Waals surface area (Å²) in [5.74, 6) is 1.05. The molecule has 8 nitrogen and oxygen atoms in total. The predicted molar refractivity (Wildman–Crippen MR) is 142 cm³/mol. The van der Waals surface area contributed by atoms with Gasteiger partial charge in [-0.05, 0) is 64.0 Å². The molecule has 0 unspecified atom stereocenters. The van der Waals surface area contributed by atoms with Gasteiger partial charge in [-0.15, -0.1) is 0 Å². The molecule has 0 radical (unpaired) electrons. The molecule has 3 rings (SSSR count). The van der Waals surface area contributed by atoms with Crippen LogP contribution in [0, 0.1) is 0 Å². The standard InChI is InChI=1S/C26H25BrClN3O5/c1-34-20-9-7-18(8-10-20)26(33)29-12-11-24(32)31-30-15-17-13-21(27)25(23(14-17)35-2)36-16-19-5-3-4-6-22(19)28/h3-10,13-15H,11-12,16H2,1-2H3,(H,29,33)(H,31,32). The smallest absolute Gasteiger partial charge is 0.251 e. The van der Waals surface area contributed by atoms with Gasteiger partial charge < -0.3 is 19.5 Å². The lowest BCUT2D eigenvalue weighted by molar-refractivity contribution is -0.120. The van der Waals surface area contributed by atoms with E-state index in [4.69, 9.17) is 25.8 Å². The van der Waals surface area contributed by atoms with E-state index in [1.165, 1.54) is 13.3 Å². The molecule has 0 fully saturated rings. The van der Waals surface area contributed by atoms with Gasteiger partial charge in [-0.25, -0.2) is 5.43 Å². The van der Waals surface area contributed by atoms with Gasteiger partial charge in [0.15, 0.2) is 11.5 Å². The second kappa shape index (κ2) is 13.5. The largest absolute Gasteiger partial charge is 0.497 e. The van der Waals surface area contributed by atoms with Crippen LogP contribution in [-0.2, 0) is 11.4 Å². The molecule has 3 aromatic rings. The van der Waals surface area contributed by atoms with Gasteiger partial charge in [-0.1, -0.05) is 29.8 Å². The zero-order valence-corrected chi connectivity index (χ0v) is 22.1. The number of hydrogen-bond acceptors (Lipinski definition) is 6. The molecule has 2 amide bonds. The molecule has 0 aliphatic rings. The number of nitrogens with zero attached hydrogens (tertiary/aromatic N) is 1. The molecule has 2 N–H and O–H groups in total. The minimum absolute atomic E-state index is 0.0705. The Morgan fingerprint density at radius 3 is 2.50 bits per heavy atom. The summed E-state index contributed by atoms with van der Waals surface area (Å²) in [6, 6.07) is 17.6. The first-order chi connectivity index (χ1) is 17.4. The van der Waals surface area contributed by atoms with E-state index in [-0.39, 0.29) is 31.4 Å². The van der Waals surface area contributed by atoms with Gasteiger partial charge in [0, 0.05) is 29.1 Å². The van der Waals surface area contributed by atoms with Crippen LogP contribution in [0.15, 0.2) is 70.2 Å². The molecule has 0 saturated carbocycles. The van der Waals surface area contributed by atoms with Gasteiger partial charge in [0.1, 0.15) is 12.4 Å². The summed E-state index contributed by atoms with van der Waals surface area (Å²) in [5.41, 5.74) is 4.45. The maximum atomic E-state index is 12.1. The number of rotatable bonds is 11. The Bertz CT molecular complexity index is 1230. The van der Waals surface area contributed by atoms with Crippen molar-refractivity contribution in [2.24, 2.45) is 5.10 Å². The van der Waals surface area contributed by atoms with Crippen LogP contribution >= 0.6 is 27.5 Å². The SMILES string of the molecule is COc1ccc(C(=O)NCCC(=O)NN=Cc2cc(Br)c(OCc3ccccc3Cl)c(OC)c2)cc1. The normalized spacial score (nSPS) is 10.7. The Hall–Kier alpha value is -3.56. The molecule has 0 aliphatic heterocycles. The summed E-state index contributed by atoms with van der Waals surface area (Å²) in [5, 5.41) is 7.29. The van der Waals surface area contributed by atoms with E-state index in [1.54, 1.807) is 49.6 Å². The van der Waals surface area contributed by atoms with Crippen LogP contribution in [-0.4, -0.2) is 38.8 Å². The zero-order valence-electron chi connectivity index (χ0n) is 19.7. The first-order valence-electron chi connectivity index (χ1n) is 10.9. The Labute approximate surface area is 222 Å². The van der Waals surface area contributed by atoms with Crippen LogP contribution in [0.1, 0.15) is 27.9 Å². The third-order valence-corrected chi connectivity index (χ3v) is 5.93. The van der Waals surface area contributed by atoms with Gasteiger partial charge in [0.05, 0.1) is 24.9 Å². The number of benzene rings is 3. The van der Waals surface area contributed by atoms with E-state index in [2.05, 4.69) is 31.8 Å². The molecule has 10 heteroatoms.